The molecule has 2 atom stereocenters. The van der Waals surface area contributed by atoms with Crippen LogP contribution in [0.4, 0.5) is 30.2 Å². The molecule has 6 aliphatic rings. The summed E-state index contributed by atoms with van der Waals surface area (Å²) >= 11 is 0. The fourth-order valence-electron chi connectivity index (χ4n) is 11.7. The van der Waals surface area contributed by atoms with Crippen molar-refractivity contribution in [2.24, 2.45) is 11.3 Å². The molecule has 8 heterocycles. The predicted molar refractivity (Wildman–Crippen MR) is 261 cm³/mol. The first-order valence-corrected chi connectivity index (χ1v) is 25.8. The number of likely N-dealkylation sites (tertiary alicyclic amines) is 1. The Hall–Kier alpha value is -6.24. The Morgan fingerprint density at radius 1 is 0.871 bits per heavy atom. The Kier molecular flexibility index (Phi) is 12.0. The zero-order chi connectivity index (χ0) is 48.5. The van der Waals surface area contributed by atoms with Crippen molar-refractivity contribution < 1.29 is 36.0 Å². The SMILES string of the molecule is C=C1CCC(N2Cc3cc(N4CCC(CN5CCC6(CCN(c7ccc(-c8cnc9[nH]cc(C(=O)c%10c(F)ccc(NS(=O)(=O)N%11CC[C@@H](F)C%11)c%10F)c9c8)cc7)CC6)C5)CC4)ccc3C2=O)C(=O)N1. The van der Waals surface area contributed by atoms with Gasteiger partial charge in [0.15, 0.2) is 5.82 Å². The number of hydrogen-bond acceptors (Lipinski definition) is 9. The number of pyridine rings is 1. The normalized spacial score (nSPS) is 22.4. The quantitative estimate of drug-likeness (QED) is 0.115. The summed E-state index contributed by atoms with van der Waals surface area (Å²) in [5.41, 5.74) is 5.32. The van der Waals surface area contributed by atoms with Crippen molar-refractivity contribution in [2.45, 2.75) is 70.1 Å². The highest BCUT2D eigenvalue weighted by molar-refractivity contribution is 7.90. The van der Waals surface area contributed by atoms with Crippen LogP contribution in [0.15, 0.2) is 85.3 Å². The third kappa shape index (κ3) is 8.71. The number of anilines is 3. The number of hydrogen-bond donors (Lipinski definition) is 3. The Labute approximate surface area is 405 Å². The van der Waals surface area contributed by atoms with Crippen LogP contribution < -0.4 is 19.8 Å². The van der Waals surface area contributed by atoms with Gasteiger partial charge in [-0.05, 0) is 129 Å². The van der Waals surface area contributed by atoms with E-state index in [9.17, 15) is 27.2 Å². The number of carbonyl (C=O) groups excluding carboxylic acids is 3. The van der Waals surface area contributed by atoms with Crippen LogP contribution in [-0.4, -0.2) is 121 Å². The van der Waals surface area contributed by atoms with Crippen molar-refractivity contribution >= 4 is 55.9 Å². The molecule has 0 radical (unpaired) electrons. The number of nitrogens with zero attached hydrogens (tertiary/aromatic N) is 6. The van der Waals surface area contributed by atoms with Crippen LogP contribution in [0.2, 0.25) is 0 Å². The number of aromatic nitrogens is 2. The summed E-state index contributed by atoms with van der Waals surface area (Å²) in [4.78, 5) is 56.4. The number of ketones is 1. The van der Waals surface area contributed by atoms with Gasteiger partial charge in [-0.3, -0.25) is 19.1 Å². The lowest BCUT2D eigenvalue weighted by Crippen LogP contribution is -2.49. The molecule has 366 valence electrons. The van der Waals surface area contributed by atoms with Crippen molar-refractivity contribution in [3.63, 3.8) is 0 Å². The van der Waals surface area contributed by atoms with Gasteiger partial charge in [0.1, 0.15) is 23.7 Å². The van der Waals surface area contributed by atoms with E-state index < -0.39 is 51.1 Å². The zero-order valence-electron chi connectivity index (χ0n) is 38.9. The molecule has 0 bridgehead atoms. The van der Waals surface area contributed by atoms with Gasteiger partial charge in [0, 0.05) is 110 Å². The number of halogens is 3. The van der Waals surface area contributed by atoms with Gasteiger partial charge in [-0.15, -0.1) is 0 Å². The smallest absolute Gasteiger partial charge is 0.301 e. The van der Waals surface area contributed by atoms with Gasteiger partial charge in [-0.25, -0.2) is 18.2 Å². The second kappa shape index (κ2) is 18.2. The Bertz CT molecular complexity index is 3020. The molecule has 70 heavy (non-hydrogen) atoms. The monoisotopic (exact) mass is 975 g/mol. The van der Waals surface area contributed by atoms with E-state index in [1.807, 2.05) is 18.2 Å². The highest BCUT2D eigenvalue weighted by Gasteiger charge is 2.42. The Morgan fingerprint density at radius 2 is 1.61 bits per heavy atom. The number of carbonyl (C=O) groups is 3. The van der Waals surface area contributed by atoms with Gasteiger partial charge in [0.25, 0.3) is 5.91 Å². The average molecular weight is 976 g/mol. The van der Waals surface area contributed by atoms with Crippen LogP contribution in [0.3, 0.4) is 0 Å². The minimum absolute atomic E-state index is 0.00908. The molecule has 5 fully saturated rings. The van der Waals surface area contributed by atoms with E-state index in [0.717, 1.165) is 110 Å². The molecule has 0 aliphatic carbocycles. The van der Waals surface area contributed by atoms with Crippen molar-refractivity contribution in [2.75, 3.05) is 73.4 Å². The van der Waals surface area contributed by atoms with E-state index in [4.69, 9.17) is 0 Å². The summed E-state index contributed by atoms with van der Waals surface area (Å²) in [6, 6.07) is 17.4. The summed E-state index contributed by atoms with van der Waals surface area (Å²) in [6.45, 7) is 11.1. The third-order valence-electron chi connectivity index (χ3n) is 15.8. The van der Waals surface area contributed by atoms with Gasteiger partial charge >= 0.3 is 10.2 Å². The molecule has 1 spiro atoms. The first-order valence-electron chi connectivity index (χ1n) is 24.4. The maximum Gasteiger partial charge on any atom is 0.301 e. The maximum atomic E-state index is 15.8. The first kappa shape index (κ1) is 46.2. The van der Waals surface area contributed by atoms with Crippen molar-refractivity contribution in [1.29, 1.82) is 0 Å². The fraction of sp³-hybridized carbons (Fsp3) is 0.423. The largest absolute Gasteiger partial charge is 0.372 e. The van der Waals surface area contributed by atoms with Gasteiger partial charge < -0.3 is 29.9 Å². The number of benzene rings is 3. The standard InChI is InChI=1S/C52H56F3N9O5S/c1-32-2-11-45(50(66)58-32)64-29-36-24-39(7-8-40(36)51(64)67)61-18-12-33(13-19-61)28-60-21-15-52(31-60)16-22-62(23-17-52)38-5-3-34(4-6-38)35-25-41-42(27-57-49(41)56-26-35)48(65)46-43(54)9-10-44(47(46)55)59-70(68,69)63-20-14-37(53)30-63/h3-10,24-27,33,37,45,59H,1-2,11-23,28-31H2,(H,56,57)(H,58,66)/t37-,45?/m1/s1. The number of fused-ring (bicyclic) bond motifs is 2. The van der Waals surface area contributed by atoms with Crippen molar-refractivity contribution in [3.05, 3.63) is 119 Å². The molecule has 5 saturated heterocycles. The molecule has 3 N–H and O–H groups in total. The second-order valence-corrected chi connectivity index (χ2v) is 21.8. The predicted octanol–water partition coefficient (Wildman–Crippen LogP) is 7.40. The lowest BCUT2D eigenvalue weighted by molar-refractivity contribution is -0.126. The van der Waals surface area contributed by atoms with Crippen LogP contribution in [0.5, 0.6) is 0 Å². The number of H-pyrrole nitrogens is 1. The molecule has 5 aromatic rings. The average Bonchev–Trinajstić information content (AvgIpc) is 4.16. The Balaban J connectivity index is 0.675. The number of piperidine rings is 3. The minimum atomic E-state index is -4.35. The van der Waals surface area contributed by atoms with E-state index in [2.05, 4.69) is 65.6 Å². The number of allylic oxidation sites excluding steroid dienone is 1. The van der Waals surface area contributed by atoms with Gasteiger partial charge in [0.05, 0.1) is 11.3 Å². The van der Waals surface area contributed by atoms with Crippen LogP contribution in [0.1, 0.15) is 83.2 Å². The van der Waals surface area contributed by atoms with E-state index >= 15 is 8.78 Å². The van der Waals surface area contributed by atoms with Crippen LogP contribution in [-0.2, 0) is 21.5 Å². The maximum absolute atomic E-state index is 15.8. The molecule has 2 aromatic heterocycles. The second-order valence-electron chi connectivity index (χ2n) is 20.2. The lowest BCUT2D eigenvalue weighted by atomic mass is 9.77. The lowest BCUT2D eigenvalue weighted by Gasteiger charge is -2.41. The highest BCUT2D eigenvalue weighted by Crippen LogP contribution is 2.43. The number of nitrogens with one attached hydrogen (secondary N) is 3. The van der Waals surface area contributed by atoms with E-state index in [-0.39, 0.29) is 36.9 Å². The summed E-state index contributed by atoms with van der Waals surface area (Å²) in [6.07, 6.45) is 8.67. The third-order valence-corrected chi connectivity index (χ3v) is 17.3. The van der Waals surface area contributed by atoms with E-state index in [1.54, 1.807) is 17.2 Å². The molecular weight excluding hydrogens is 920 g/mol. The summed E-state index contributed by atoms with van der Waals surface area (Å²) in [5, 5.41) is 3.17. The van der Waals surface area contributed by atoms with Crippen LogP contribution in [0.25, 0.3) is 22.2 Å². The minimum Gasteiger partial charge on any atom is -0.372 e. The highest BCUT2D eigenvalue weighted by atomic mass is 32.2. The summed E-state index contributed by atoms with van der Waals surface area (Å²) in [5.74, 6) is -3.09. The molecule has 6 aliphatic heterocycles. The van der Waals surface area contributed by atoms with Crippen LogP contribution >= 0.6 is 0 Å². The molecule has 2 amide bonds. The van der Waals surface area contributed by atoms with Gasteiger partial charge in [0.2, 0.25) is 11.7 Å². The van der Waals surface area contributed by atoms with Crippen molar-refractivity contribution in [3.8, 4) is 11.1 Å². The molecule has 14 nitrogen and oxygen atoms in total. The van der Waals surface area contributed by atoms with Crippen LogP contribution in [0, 0.1) is 23.0 Å². The first-order chi connectivity index (χ1) is 33.7. The molecule has 3 aromatic carbocycles. The number of amides is 2. The van der Waals surface area contributed by atoms with Crippen molar-refractivity contribution in [1.82, 2.24) is 29.4 Å². The summed E-state index contributed by atoms with van der Waals surface area (Å²) < 4.78 is 73.3. The van der Waals surface area contributed by atoms with Gasteiger partial charge in [-0.2, -0.15) is 12.7 Å². The summed E-state index contributed by atoms with van der Waals surface area (Å²) in [7, 11) is -4.35. The Morgan fingerprint density at radius 3 is 2.36 bits per heavy atom. The fourth-order valence-corrected chi connectivity index (χ4v) is 13.0. The molecular formula is C52H56F3N9O5S. The van der Waals surface area contributed by atoms with E-state index in [0.29, 0.717) is 58.6 Å². The number of alkyl halides is 1. The molecule has 0 saturated carbocycles. The van der Waals surface area contributed by atoms with Gasteiger partial charge in [-0.1, -0.05) is 18.7 Å². The molecule has 1 unspecified atom stereocenters. The topological polar surface area (TPSA) is 154 Å². The number of rotatable bonds is 11. The molecule has 11 rings (SSSR count). The van der Waals surface area contributed by atoms with E-state index in [1.165, 1.54) is 12.6 Å². The zero-order valence-corrected chi connectivity index (χ0v) is 39.7. The molecule has 18 heteroatoms. The number of aromatic amines is 1.